The average molecular weight is 129 g/mol. The second kappa shape index (κ2) is 2.84. The first-order valence-corrected chi connectivity index (χ1v) is 3.27. The molecular formula is C6H9NS. The van der Waals surface area contributed by atoms with Gasteiger partial charge in [0.15, 0.2) is 0 Å². The van der Waals surface area contributed by atoms with Crippen molar-refractivity contribution in [3.8, 4) is 0 Å². The molecule has 0 radical (unpaired) electrons. The van der Waals surface area contributed by atoms with E-state index in [-0.39, 0.29) is 0 Å². The van der Waals surface area contributed by atoms with E-state index in [2.05, 4.69) is 5.32 Å². The monoisotopic (exact) mass is 129 g/mol. The van der Waals surface area contributed by atoms with Gasteiger partial charge in [-0.3, -0.25) is 0 Å². The summed E-state index contributed by atoms with van der Waals surface area (Å²) in [5.74, 6) is 0. The summed E-state index contributed by atoms with van der Waals surface area (Å²) >= 11 is 1.42. The lowest BCUT2D eigenvalue weighted by molar-refractivity contribution is 0.831. The molecule has 0 fully saturated rings. The van der Waals surface area contributed by atoms with E-state index in [0.29, 0.717) is 0 Å². The SMILES string of the molecule is [2H]C([2H])(NC)c1cccs1. The molecule has 1 aromatic rings. The summed E-state index contributed by atoms with van der Waals surface area (Å²) in [5.41, 5.74) is 0. The molecule has 0 saturated carbocycles. The molecule has 0 spiro atoms. The minimum atomic E-state index is -1.37. The van der Waals surface area contributed by atoms with Crippen molar-refractivity contribution in [2.45, 2.75) is 6.50 Å². The number of hydrogen-bond donors (Lipinski definition) is 1. The van der Waals surface area contributed by atoms with Crippen LogP contribution in [0.5, 0.6) is 0 Å². The lowest BCUT2D eigenvalue weighted by Crippen LogP contribution is -2.02. The molecule has 0 aliphatic heterocycles. The first-order valence-electron chi connectivity index (χ1n) is 3.40. The summed E-state index contributed by atoms with van der Waals surface area (Å²) in [6.45, 7) is -1.37. The molecule has 0 aliphatic carbocycles. The molecule has 0 bridgehead atoms. The predicted molar refractivity (Wildman–Crippen MR) is 37.1 cm³/mol. The lowest BCUT2D eigenvalue weighted by atomic mass is 10.5. The van der Waals surface area contributed by atoms with Crippen LogP contribution in [0, 0.1) is 0 Å². The van der Waals surface area contributed by atoms with E-state index in [4.69, 9.17) is 2.74 Å². The van der Waals surface area contributed by atoms with E-state index in [0.717, 1.165) is 4.88 Å². The van der Waals surface area contributed by atoms with Crippen LogP contribution in [0.15, 0.2) is 17.5 Å². The van der Waals surface area contributed by atoms with Gasteiger partial charge in [0, 0.05) is 14.1 Å². The fourth-order valence-corrected chi connectivity index (χ4v) is 1.09. The van der Waals surface area contributed by atoms with Crippen LogP contribution in [0.4, 0.5) is 0 Å². The Balaban J connectivity index is 2.85. The van der Waals surface area contributed by atoms with E-state index >= 15 is 0 Å². The number of rotatable bonds is 2. The largest absolute Gasteiger partial charge is 0.315 e. The maximum atomic E-state index is 7.40. The van der Waals surface area contributed by atoms with Crippen LogP contribution in [0.3, 0.4) is 0 Å². The van der Waals surface area contributed by atoms with Gasteiger partial charge in [-0.05, 0) is 18.5 Å². The molecule has 0 unspecified atom stereocenters. The Bertz CT molecular complexity index is 196. The van der Waals surface area contributed by atoms with E-state index in [1.165, 1.54) is 11.3 Å². The highest BCUT2D eigenvalue weighted by Gasteiger charge is 1.86. The molecule has 1 heterocycles. The summed E-state index contributed by atoms with van der Waals surface area (Å²) < 4.78 is 14.8. The van der Waals surface area contributed by atoms with Gasteiger partial charge in [-0.25, -0.2) is 0 Å². The van der Waals surface area contributed by atoms with E-state index < -0.39 is 6.50 Å². The number of hydrogen-bond acceptors (Lipinski definition) is 2. The maximum absolute atomic E-state index is 7.40. The number of thiophene rings is 1. The third-order valence-electron chi connectivity index (χ3n) is 0.769. The van der Waals surface area contributed by atoms with Crippen LogP contribution in [-0.4, -0.2) is 7.05 Å². The summed E-state index contributed by atoms with van der Waals surface area (Å²) in [5, 5.41) is 4.45. The van der Waals surface area contributed by atoms with Gasteiger partial charge in [-0.2, -0.15) is 0 Å². The first kappa shape index (κ1) is 3.64. The molecule has 0 saturated heterocycles. The Morgan fingerprint density at radius 2 is 2.88 bits per heavy atom. The van der Waals surface area contributed by atoms with Gasteiger partial charge in [-0.1, -0.05) is 6.07 Å². The first-order chi connectivity index (χ1) is 4.67. The molecule has 2 heteroatoms. The summed E-state index contributed by atoms with van der Waals surface area (Å²) in [4.78, 5) is 0.718. The maximum Gasteiger partial charge on any atom is 0.0487 e. The van der Waals surface area contributed by atoms with Crippen molar-refractivity contribution in [2.24, 2.45) is 0 Å². The highest BCUT2D eigenvalue weighted by atomic mass is 32.1. The normalized spacial score (nSPS) is 15.1. The van der Waals surface area contributed by atoms with Crippen molar-refractivity contribution in [3.63, 3.8) is 0 Å². The Hall–Kier alpha value is -0.340. The molecule has 0 aliphatic rings. The van der Waals surface area contributed by atoms with Crippen molar-refractivity contribution in [3.05, 3.63) is 22.4 Å². The Kier molecular flexibility index (Phi) is 1.29. The molecule has 1 rings (SSSR count). The summed E-state index contributed by atoms with van der Waals surface area (Å²) in [7, 11) is 1.61. The fraction of sp³-hybridized carbons (Fsp3) is 0.333. The Labute approximate surface area is 56.2 Å². The molecule has 1 aromatic heterocycles. The zero-order chi connectivity index (χ0) is 7.61. The van der Waals surface area contributed by atoms with E-state index in [9.17, 15) is 0 Å². The van der Waals surface area contributed by atoms with Crippen LogP contribution in [0.25, 0.3) is 0 Å². The van der Waals surface area contributed by atoms with Crippen molar-refractivity contribution >= 4 is 11.3 Å². The number of nitrogens with one attached hydrogen (secondary N) is 1. The smallest absolute Gasteiger partial charge is 0.0487 e. The molecular weight excluding hydrogens is 118 g/mol. The van der Waals surface area contributed by atoms with Gasteiger partial charge in [0.1, 0.15) is 0 Å². The second-order valence-corrected chi connectivity index (χ2v) is 2.30. The van der Waals surface area contributed by atoms with E-state index in [1.807, 2.05) is 11.4 Å². The van der Waals surface area contributed by atoms with Crippen molar-refractivity contribution < 1.29 is 2.74 Å². The lowest BCUT2D eigenvalue weighted by Gasteiger charge is -1.89. The Morgan fingerprint density at radius 3 is 3.38 bits per heavy atom. The van der Waals surface area contributed by atoms with Gasteiger partial charge in [0.05, 0.1) is 0 Å². The third-order valence-corrected chi connectivity index (χ3v) is 1.55. The average Bonchev–Trinajstić information content (AvgIpc) is 2.38. The van der Waals surface area contributed by atoms with Crippen LogP contribution >= 0.6 is 11.3 Å². The van der Waals surface area contributed by atoms with Gasteiger partial charge in [0.2, 0.25) is 0 Å². The molecule has 1 N–H and O–H groups in total. The zero-order valence-electron chi connectivity index (χ0n) is 6.64. The topological polar surface area (TPSA) is 12.0 Å². The highest BCUT2D eigenvalue weighted by Crippen LogP contribution is 2.06. The van der Waals surface area contributed by atoms with Crippen LogP contribution in [0.1, 0.15) is 7.62 Å². The van der Waals surface area contributed by atoms with Crippen LogP contribution < -0.4 is 5.32 Å². The van der Waals surface area contributed by atoms with Crippen LogP contribution in [0.2, 0.25) is 0 Å². The quantitative estimate of drug-likeness (QED) is 0.637. The van der Waals surface area contributed by atoms with Crippen molar-refractivity contribution in [2.75, 3.05) is 7.05 Å². The molecule has 0 atom stereocenters. The molecule has 0 aromatic carbocycles. The highest BCUT2D eigenvalue weighted by molar-refractivity contribution is 7.09. The molecule has 1 nitrogen and oxygen atoms in total. The zero-order valence-corrected chi connectivity index (χ0v) is 5.46. The second-order valence-electron chi connectivity index (χ2n) is 1.35. The standard InChI is InChI=1S/C6H9NS/c1-7-5-6-3-2-4-8-6/h2-4,7H,5H2,1H3/i5D2. The van der Waals surface area contributed by atoms with Gasteiger partial charge in [-0.15, -0.1) is 11.3 Å². The van der Waals surface area contributed by atoms with Crippen molar-refractivity contribution in [1.29, 1.82) is 0 Å². The van der Waals surface area contributed by atoms with Gasteiger partial charge >= 0.3 is 0 Å². The van der Waals surface area contributed by atoms with Crippen molar-refractivity contribution in [1.82, 2.24) is 5.32 Å². The minimum absolute atomic E-state index is 0.718. The third kappa shape index (κ3) is 1.32. The molecule has 8 heavy (non-hydrogen) atoms. The van der Waals surface area contributed by atoms with Crippen LogP contribution in [-0.2, 0) is 6.50 Å². The summed E-state index contributed by atoms with van der Waals surface area (Å²) in [6.07, 6.45) is 0. The fourth-order valence-electron chi connectivity index (χ4n) is 0.473. The van der Waals surface area contributed by atoms with Gasteiger partial charge < -0.3 is 5.32 Å². The summed E-state index contributed by atoms with van der Waals surface area (Å²) in [6, 6.07) is 3.62. The Morgan fingerprint density at radius 1 is 2.00 bits per heavy atom. The molecule has 44 valence electrons. The molecule has 0 amide bonds. The minimum Gasteiger partial charge on any atom is -0.315 e. The van der Waals surface area contributed by atoms with Gasteiger partial charge in [0.25, 0.3) is 0 Å². The predicted octanol–water partition coefficient (Wildman–Crippen LogP) is 1.47. The van der Waals surface area contributed by atoms with E-state index in [1.54, 1.807) is 13.1 Å².